The predicted octanol–water partition coefficient (Wildman–Crippen LogP) is 5.59. The van der Waals surface area contributed by atoms with E-state index < -0.39 is 5.91 Å². The van der Waals surface area contributed by atoms with Gasteiger partial charge in [0.15, 0.2) is 0 Å². The lowest BCUT2D eigenvalue weighted by atomic mass is 9.93. The molecule has 0 atom stereocenters. The molecule has 25 heavy (non-hydrogen) atoms. The number of allylic oxidation sites excluding steroid dienone is 9. The molecule has 2 heteroatoms. The first-order valence-electron chi connectivity index (χ1n) is 8.24. The van der Waals surface area contributed by atoms with E-state index in [2.05, 4.69) is 12.7 Å². The average Bonchev–Trinajstić information content (AvgIpc) is 2.62. The number of carbonyl (C=O) groups is 1. The zero-order valence-electron chi connectivity index (χ0n) is 14.5. The van der Waals surface area contributed by atoms with Gasteiger partial charge in [-0.1, -0.05) is 85.5 Å². The van der Waals surface area contributed by atoms with Crippen molar-refractivity contribution < 1.29 is 4.79 Å². The van der Waals surface area contributed by atoms with E-state index in [1.807, 2.05) is 73.7 Å². The fraction of sp³-hybridized carbons (Fsp3) is 0.0870. The van der Waals surface area contributed by atoms with Gasteiger partial charge in [-0.15, -0.1) is 0 Å². The molecule has 0 spiro atoms. The van der Waals surface area contributed by atoms with Gasteiger partial charge in [0, 0.05) is 5.56 Å². The Bertz CT molecular complexity index is 882. The first-order valence-corrected chi connectivity index (χ1v) is 8.24. The van der Waals surface area contributed by atoms with Crippen LogP contribution in [0.4, 0.5) is 0 Å². The number of amides is 1. The van der Waals surface area contributed by atoms with E-state index in [4.69, 9.17) is 5.73 Å². The minimum atomic E-state index is -0.411. The van der Waals surface area contributed by atoms with Crippen LogP contribution in [0.5, 0.6) is 0 Å². The second kappa shape index (κ2) is 9.24. The molecule has 2 aromatic rings. The van der Waals surface area contributed by atoms with Crippen LogP contribution >= 0.6 is 0 Å². The Morgan fingerprint density at radius 3 is 2.56 bits per heavy atom. The standard InChI is InChI=1S/C23H23NO/c1-3-4-5-6-7-8-9-10-13-18(2)22-20-15-12-11-14-19(20)16-17-21(22)23(24)25/h3-5,7-17H,1,6H2,2H3,(H2,24,25)/b5-4+,8-7+,10-9+,18-13-. The molecule has 0 saturated carbocycles. The summed E-state index contributed by atoms with van der Waals surface area (Å²) in [6.07, 6.45) is 16.6. The topological polar surface area (TPSA) is 43.1 Å². The van der Waals surface area contributed by atoms with Gasteiger partial charge in [0.25, 0.3) is 0 Å². The SMILES string of the molecule is C=C/C=C/C/C=C/C=C/C=C(/C)c1c(C(N)=O)ccc2ccccc12. The normalized spacial score (nSPS) is 12.6. The number of hydrogen-bond acceptors (Lipinski definition) is 1. The fourth-order valence-corrected chi connectivity index (χ4v) is 2.66. The number of fused-ring (bicyclic) bond motifs is 1. The zero-order chi connectivity index (χ0) is 18.1. The molecule has 0 aromatic heterocycles. The van der Waals surface area contributed by atoms with Crippen molar-refractivity contribution in [3.63, 3.8) is 0 Å². The molecule has 126 valence electrons. The molecule has 2 aromatic carbocycles. The van der Waals surface area contributed by atoms with Crippen molar-refractivity contribution >= 4 is 22.3 Å². The summed E-state index contributed by atoms with van der Waals surface area (Å²) in [7, 11) is 0. The second-order valence-electron chi connectivity index (χ2n) is 5.64. The van der Waals surface area contributed by atoms with Gasteiger partial charge in [0.2, 0.25) is 5.91 Å². The van der Waals surface area contributed by atoms with Crippen molar-refractivity contribution in [3.8, 4) is 0 Å². The summed E-state index contributed by atoms with van der Waals surface area (Å²) < 4.78 is 0. The highest BCUT2D eigenvalue weighted by Crippen LogP contribution is 2.28. The predicted molar refractivity (Wildman–Crippen MR) is 108 cm³/mol. The summed E-state index contributed by atoms with van der Waals surface area (Å²) in [5, 5.41) is 2.12. The van der Waals surface area contributed by atoms with Crippen LogP contribution in [-0.4, -0.2) is 5.91 Å². The van der Waals surface area contributed by atoms with E-state index in [1.54, 1.807) is 12.1 Å². The first-order chi connectivity index (χ1) is 12.1. The molecule has 0 saturated heterocycles. The first kappa shape index (κ1) is 18.2. The lowest BCUT2D eigenvalue weighted by molar-refractivity contribution is 0.1000. The molecule has 0 aliphatic carbocycles. The van der Waals surface area contributed by atoms with Crippen molar-refractivity contribution in [1.29, 1.82) is 0 Å². The van der Waals surface area contributed by atoms with Crippen LogP contribution in [0.2, 0.25) is 0 Å². The zero-order valence-corrected chi connectivity index (χ0v) is 14.5. The third kappa shape index (κ3) is 4.92. The largest absolute Gasteiger partial charge is 0.366 e. The molecule has 0 bridgehead atoms. The van der Waals surface area contributed by atoms with Crippen molar-refractivity contribution in [2.45, 2.75) is 13.3 Å². The van der Waals surface area contributed by atoms with E-state index in [9.17, 15) is 4.79 Å². The Morgan fingerprint density at radius 2 is 1.80 bits per heavy atom. The maximum absolute atomic E-state index is 11.8. The van der Waals surface area contributed by atoms with Crippen molar-refractivity contribution in [2.24, 2.45) is 5.73 Å². The Balaban J connectivity index is 2.30. The van der Waals surface area contributed by atoms with Gasteiger partial charge in [0.05, 0.1) is 0 Å². The number of carbonyl (C=O) groups excluding carboxylic acids is 1. The van der Waals surface area contributed by atoms with E-state index in [1.165, 1.54) is 0 Å². The summed E-state index contributed by atoms with van der Waals surface area (Å²) >= 11 is 0. The summed E-state index contributed by atoms with van der Waals surface area (Å²) in [6, 6.07) is 11.7. The van der Waals surface area contributed by atoms with Gasteiger partial charge < -0.3 is 5.73 Å². The van der Waals surface area contributed by atoms with Crippen LogP contribution in [0.25, 0.3) is 16.3 Å². The lowest BCUT2D eigenvalue weighted by Crippen LogP contribution is -2.13. The molecule has 0 aliphatic rings. The molecular weight excluding hydrogens is 306 g/mol. The monoisotopic (exact) mass is 329 g/mol. The molecule has 2 nitrogen and oxygen atoms in total. The van der Waals surface area contributed by atoms with Crippen LogP contribution in [0.15, 0.2) is 91.6 Å². The number of nitrogens with two attached hydrogens (primary N) is 1. The smallest absolute Gasteiger partial charge is 0.249 e. The molecule has 0 unspecified atom stereocenters. The van der Waals surface area contributed by atoms with Crippen molar-refractivity contribution in [2.75, 3.05) is 0 Å². The molecule has 2 rings (SSSR count). The second-order valence-corrected chi connectivity index (χ2v) is 5.64. The third-order valence-corrected chi connectivity index (χ3v) is 3.84. The van der Waals surface area contributed by atoms with E-state index >= 15 is 0 Å². The van der Waals surface area contributed by atoms with Gasteiger partial charge in [-0.25, -0.2) is 0 Å². The highest BCUT2D eigenvalue weighted by molar-refractivity contribution is 6.06. The van der Waals surface area contributed by atoms with Gasteiger partial charge >= 0.3 is 0 Å². The van der Waals surface area contributed by atoms with Crippen LogP contribution < -0.4 is 5.73 Å². The number of primary amides is 1. The minimum absolute atomic E-state index is 0.411. The molecule has 0 fully saturated rings. The molecule has 2 N–H and O–H groups in total. The summed E-state index contributed by atoms with van der Waals surface area (Å²) in [5.74, 6) is -0.411. The van der Waals surface area contributed by atoms with Gasteiger partial charge in [-0.05, 0) is 41.3 Å². The molecule has 0 radical (unpaired) electrons. The Morgan fingerprint density at radius 1 is 1.04 bits per heavy atom. The minimum Gasteiger partial charge on any atom is -0.366 e. The summed E-state index contributed by atoms with van der Waals surface area (Å²) in [6.45, 7) is 5.63. The highest BCUT2D eigenvalue weighted by atomic mass is 16.1. The molecule has 1 amide bonds. The van der Waals surface area contributed by atoms with Gasteiger partial charge in [-0.2, -0.15) is 0 Å². The summed E-state index contributed by atoms with van der Waals surface area (Å²) in [5.41, 5.74) is 8.01. The van der Waals surface area contributed by atoms with Gasteiger partial charge in [0.1, 0.15) is 0 Å². The Labute approximate surface area is 149 Å². The Kier molecular flexibility index (Phi) is 6.73. The number of rotatable bonds is 7. The summed E-state index contributed by atoms with van der Waals surface area (Å²) in [4.78, 5) is 11.8. The fourth-order valence-electron chi connectivity index (χ4n) is 2.66. The quantitative estimate of drug-likeness (QED) is 0.661. The highest BCUT2D eigenvalue weighted by Gasteiger charge is 2.12. The van der Waals surface area contributed by atoms with Crippen LogP contribution in [0.1, 0.15) is 29.3 Å². The Hall–Kier alpha value is -3.13. The van der Waals surface area contributed by atoms with Crippen LogP contribution in [-0.2, 0) is 0 Å². The average molecular weight is 329 g/mol. The number of hydrogen-bond donors (Lipinski definition) is 1. The maximum atomic E-state index is 11.8. The van der Waals surface area contributed by atoms with E-state index in [0.29, 0.717) is 5.56 Å². The van der Waals surface area contributed by atoms with Crippen LogP contribution in [0, 0.1) is 0 Å². The molecule has 0 heterocycles. The number of benzene rings is 2. The molecular formula is C23H23NO. The molecule has 0 aliphatic heterocycles. The van der Waals surface area contributed by atoms with E-state index in [-0.39, 0.29) is 0 Å². The van der Waals surface area contributed by atoms with Crippen LogP contribution in [0.3, 0.4) is 0 Å². The lowest BCUT2D eigenvalue weighted by Gasteiger charge is -2.11. The van der Waals surface area contributed by atoms with Crippen molar-refractivity contribution in [1.82, 2.24) is 0 Å². The van der Waals surface area contributed by atoms with E-state index in [0.717, 1.165) is 28.3 Å². The van der Waals surface area contributed by atoms with Crippen molar-refractivity contribution in [3.05, 3.63) is 103 Å². The third-order valence-electron chi connectivity index (χ3n) is 3.84. The van der Waals surface area contributed by atoms with Gasteiger partial charge in [-0.3, -0.25) is 4.79 Å². The maximum Gasteiger partial charge on any atom is 0.249 e.